The minimum Gasteiger partial charge on any atom is -0.392 e. The topological polar surface area (TPSA) is 49.3 Å². The normalized spacial score (nSPS) is 15.8. The fraction of sp³-hybridized carbons (Fsp3) is 0.500. The number of amides is 1. The number of carbonyl (C=O) groups excluding carboxylic acids is 1. The summed E-state index contributed by atoms with van der Waals surface area (Å²) in [5.41, 5.74) is 1.10. The van der Waals surface area contributed by atoms with Gasteiger partial charge in [-0.1, -0.05) is 37.3 Å². The molecule has 3 unspecified atom stereocenters. The lowest BCUT2D eigenvalue weighted by Crippen LogP contribution is -2.29. The molecule has 1 aromatic carbocycles. The van der Waals surface area contributed by atoms with Gasteiger partial charge in [0.05, 0.1) is 17.9 Å². The summed E-state index contributed by atoms with van der Waals surface area (Å²) in [5, 5.41) is 12.4. The zero-order valence-corrected chi connectivity index (χ0v) is 11.9. The summed E-state index contributed by atoms with van der Waals surface area (Å²) >= 11 is 1.47. The number of benzene rings is 1. The van der Waals surface area contributed by atoms with Crippen LogP contribution in [0.4, 0.5) is 0 Å². The van der Waals surface area contributed by atoms with Crippen LogP contribution in [-0.4, -0.2) is 28.1 Å². The van der Waals surface area contributed by atoms with Crippen LogP contribution < -0.4 is 5.32 Å². The van der Waals surface area contributed by atoms with Crippen molar-refractivity contribution < 1.29 is 9.90 Å². The van der Waals surface area contributed by atoms with E-state index in [9.17, 15) is 9.90 Å². The van der Waals surface area contributed by atoms with E-state index in [0.717, 1.165) is 5.56 Å². The van der Waals surface area contributed by atoms with Gasteiger partial charge >= 0.3 is 0 Å². The molecule has 0 radical (unpaired) electrons. The second-order valence-corrected chi connectivity index (χ2v) is 5.82. The molecule has 0 saturated heterocycles. The van der Waals surface area contributed by atoms with E-state index >= 15 is 0 Å². The van der Waals surface area contributed by atoms with Crippen molar-refractivity contribution in [3.63, 3.8) is 0 Å². The summed E-state index contributed by atoms with van der Waals surface area (Å²) in [6, 6.07) is 9.89. The van der Waals surface area contributed by atoms with Crippen molar-refractivity contribution >= 4 is 17.7 Å². The summed E-state index contributed by atoms with van der Waals surface area (Å²) in [4.78, 5) is 11.7. The van der Waals surface area contributed by atoms with Crippen molar-refractivity contribution in [1.29, 1.82) is 0 Å². The number of aliphatic hydroxyl groups is 1. The highest BCUT2D eigenvalue weighted by molar-refractivity contribution is 8.00. The molecule has 0 aliphatic heterocycles. The predicted molar refractivity (Wildman–Crippen MR) is 76.6 cm³/mol. The summed E-state index contributed by atoms with van der Waals surface area (Å²) in [5.74, 6) is 0.382. The monoisotopic (exact) mass is 267 g/mol. The van der Waals surface area contributed by atoms with Gasteiger partial charge in [0.15, 0.2) is 0 Å². The number of carbonyl (C=O) groups is 1. The number of nitrogens with one attached hydrogen (secondary N) is 1. The Labute approximate surface area is 113 Å². The fourth-order valence-electron chi connectivity index (χ4n) is 1.45. The van der Waals surface area contributed by atoms with Crippen LogP contribution in [0, 0.1) is 0 Å². The summed E-state index contributed by atoms with van der Waals surface area (Å²) < 4.78 is 0. The Morgan fingerprint density at radius 3 is 2.44 bits per heavy atom. The molecular weight excluding hydrogens is 246 g/mol. The lowest BCUT2D eigenvalue weighted by Gasteiger charge is -2.16. The molecule has 3 atom stereocenters. The smallest absolute Gasteiger partial charge is 0.230 e. The average Bonchev–Trinajstić information content (AvgIpc) is 2.36. The Hall–Kier alpha value is -1.00. The van der Waals surface area contributed by atoms with Gasteiger partial charge in [0, 0.05) is 5.25 Å². The molecule has 0 bridgehead atoms. The van der Waals surface area contributed by atoms with Crippen molar-refractivity contribution in [2.75, 3.05) is 5.75 Å². The zero-order chi connectivity index (χ0) is 13.5. The maximum absolute atomic E-state index is 11.7. The molecule has 0 aliphatic rings. The molecule has 0 aromatic heterocycles. The summed E-state index contributed by atoms with van der Waals surface area (Å²) in [6.07, 6.45) is -0.394. The van der Waals surface area contributed by atoms with Crippen LogP contribution in [0.15, 0.2) is 30.3 Å². The Balaban J connectivity index is 2.37. The molecule has 0 spiro atoms. The molecule has 3 nitrogen and oxygen atoms in total. The van der Waals surface area contributed by atoms with Crippen LogP contribution in [0.5, 0.6) is 0 Å². The van der Waals surface area contributed by atoms with E-state index < -0.39 is 6.10 Å². The number of aliphatic hydroxyl groups excluding tert-OH is 1. The zero-order valence-electron chi connectivity index (χ0n) is 11.1. The van der Waals surface area contributed by atoms with Gasteiger partial charge in [-0.05, 0) is 19.4 Å². The van der Waals surface area contributed by atoms with Crippen molar-refractivity contribution in [2.45, 2.75) is 38.2 Å². The molecule has 2 N–H and O–H groups in total. The molecule has 1 amide bonds. The first-order valence-corrected chi connectivity index (χ1v) is 7.19. The molecule has 100 valence electrons. The second-order valence-electron chi connectivity index (χ2n) is 4.46. The molecule has 0 aliphatic carbocycles. The predicted octanol–water partition coefficient (Wildman–Crippen LogP) is 2.37. The second kappa shape index (κ2) is 7.44. The summed E-state index contributed by atoms with van der Waals surface area (Å²) in [7, 11) is 0. The van der Waals surface area contributed by atoms with Crippen LogP contribution in [0.3, 0.4) is 0 Å². The SMILES string of the molecule is CC(NC(=O)CSC(C)C(C)O)c1ccccc1. The van der Waals surface area contributed by atoms with Gasteiger partial charge in [0.2, 0.25) is 5.91 Å². The first kappa shape index (κ1) is 15.1. The Kier molecular flexibility index (Phi) is 6.22. The van der Waals surface area contributed by atoms with Crippen LogP contribution in [0.25, 0.3) is 0 Å². The molecule has 0 saturated carbocycles. The Morgan fingerprint density at radius 2 is 1.89 bits per heavy atom. The van der Waals surface area contributed by atoms with E-state index in [1.165, 1.54) is 11.8 Å². The third kappa shape index (κ3) is 5.10. The van der Waals surface area contributed by atoms with Gasteiger partial charge in [-0.15, -0.1) is 11.8 Å². The first-order chi connectivity index (χ1) is 8.50. The Morgan fingerprint density at radius 1 is 1.28 bits per heavy atom. The van der Waals surface area contributed by atoms with Crippen molar-refractivity contribution in [2.24, 2.45) is 0 Å². The van der Waals surface area contributed by atoms with Gasteiger partial charge in [-0.3, -0.25) is 4.79 Å². The third-order valence-corrected chi connectivity index (χ3v) is 4.18. The van der Waals surface area contributed by atoms with Gasteiger partial charge < -0.3 is 10.4 Å². The Bertz CT molecular complexity index is 367. The van der Waals surface area contributed by atoms with E-state index in [1.54, 1.807) is 6.92 Å². The maximum Gasteiger partial charge on any atom is 0.230 e. The largest absolute Gasteiger partial charge is 0.392 e. The fourth-order valence-corrected chi connectivity index (χ4v) is 2.23. The van der Waals surface area contributed by atoms with E-state index in [1.807, 2.05) is 44.2 Å². The van der Waals surface area contributed by atoms with Crippen LogP contribution in [0.1, 0.15) is 32.4 Å². The minimum atomic E-state index is -0.394. The average molecular weight is 267 g/mol. The molecule has 18 heavy (non-hydrogen) atoms. The van der Waals surface area contributed by atoms with Crippen LogP contribution in [0.2, 0.25) is 0 Å². The van der Waals surface area contributed by atoms with Gasteiger partial charge in [-0.25, -0.2) is 0 Å². The highest BCUT2D eigenvalue weighted by Gasteiger charge is 2.13. The lowest BCUT2D eigenvalue weighted by molar-refractivity contribution is -0.119. The lowest BCUT2D eigenvalue weighted by atomic mass is 10.1. The van der Waals surface area contributed by atoms with E-state index in [-0.39, 0.29) is 17.2 Å². The molecule has 0 fully saturated rings. The van der Waals surface area contributed by atoms with Crippen molar-refractivity contribution in [3.8, 4) is 0 Å². The quantitative estimate of drug-likeness (QED) is 0.832. The molecule has 1 rings (SSSR count). The molecular formula is C14H21NO2S. The summed E-state index contributed by atoms with van der Waals surface area (Å²) in [6.45, 7) is 5.63. The minimum absolute atomic E-state index is 0.00357. The van der Waals surface area contributed by atoms with Gasteiger partial charge in [0.25, 0.3) is 0 Å². The van der Waals surface area contributed by atoms with Crippen molar-refractivity contribution in [1.82, 2.24) is 5.32 Å². The first-order valence-electron chi connectivity index (χ1n) is 6.14. The van der Waals surface area contributed by atoms with E-state index in [0.29, 0.717) is 5.75 Å². The van der Waals surface area contributed by atoms with Crippen molar-refractivity contribution in [3.05, 3.63) is 35.9 Å². The van der Waals surface area contributed by atoms with Crippen LogP contribution >= 0.6 is 11.8 Å². The van der Waals surface area contributed by atoms with E-state index in [2.05, 4.69) is 5.32 Å². The number of hydrogen-bond acceptors (Lipinski definition) is 3. The van der Waals surface area contributed by atoms with Gasteiger partial charge in [0.1, 0.15) is 0 Å². The van der Waals surface area contributed by atoms with E-state index in [4.69, 9.17) is 0 Å². The van der Waals surface area contributed by atoms with Crippen LogP contribution in [-0.2, 0) is 4.79 Å². The molecule has 0 heterocycles. The highest BCUT2D eigenvalue weighted by Crippen LogP contribution is 2.15. The standard InChI is InChI=1S/C14H21NO2S/c1-10(13-7-5-4-6-8-13)15-14(17)9-18-12(3)11(2)16/h4-8,10-12,16H,9H2,1-3H3,(H,15,17). The highest BCUT2D eigenvalue weighted by atomic mass is 32.2. The van der Waals surface area contributed by atoms with Gasteiger partial charge in [-0.2, -0.15) is 0 Å². The number of thioether (sulfide) groups is 1. The molecule has 1 aromatic rings. The molecule has 4 heteroatoms. The number of rotatable bonds is 6. The maximum atomic E-state index is 11.7. The number of hydrogen-bond donors (Lipinski definition) is 2. The third-order valence-electron chi connectivity index (χ3n) is 2.83.